The van der Waals surface area contributed by atoms with Crippen molar-refractivity contribution in [2.75, 3.05) is 12.3 Å². The highest BCUT2D eigenvalue weighted by Crippen LogP contribution is 2.25. The highest BCUT2D eigenvalue weighted by molar-refractivity contribution is 8.00. The molecule has 1 N–H and O–H groups in total. The number of carbonyl (C=O) groups is 1. The molecule has 0 spiro atoms. The summed E-state index contributed by atoms with van der Waals surface area (Å²) < 4.78 is 5.91. The Morgan fingerprint density at radius 3 is 2.62 bits per heavy atom. The first-order valence-corrected chi connectivity index (χ1v) is 8.52. The smallest absolute Gasteiger partial charge is 0.261 e. The van der Waals surface area contributed by atoms with Gasteiger partial charge >= 0.3 is 0 Å². The Kier molecular flexibility index (Phi) is 7.40. The molecule has 1 aromatic carbocycles. The van der Waals surface area contributed by atoms with Crippen LogP contribution in [0.2, 0.25) is 5.02 Å². The van der Waals surface area contributed by atoms with Crippen molar-refractivity contribution >= 4 is 29.3 Å². The number of amides is 1. The van der Waals surface area contributed by atoms with Crippen LogP contribution in [0.25, 0.3) is 0 Å². The molecule has 0 heterocycles. The minimum atomic E-state index is -0.510. The van der Waals surface area contributed by atoms with E-state index in [-0.39, 0.29) is 10.7 Å². The van der Waals surface area contributed by atoms with Crippen LogP contribution in [0.5, 0.6) is 5.75 Å². The number of rotatable bonds is 7. The van der Waals surface area contributed by atoms with Crippen LogP contribution in [0.4, 0.5) is 0 Å². The predicted molar refractivity (Wildman–Crippen MR) is 91.4 cm³/mol. The summed E-state index contributed by atoms with van der Waals surface area (Å²) in [5.41, 5.74) is 0. The van der Waals surface area contributed by atoms with Crippen molar-refractivity contribution in [3.63, 3.8) is 0 Å². The van der Waals surface area contributed by atoms with Crippen molar-refractivity contribution < 1.29 is 9.53 Å². The van der Waals surface area contributed by atoms with Crippen molar-refractivity contribution in [1.82, 2.24) is 5.32 Å². The monoisotopic (exact) mass is 329 g/mol. The molecule has 0 radical (unpaired) electrons. The number of thioether (sulfide) groups is 1. The van der Waals surface area contributed by atoms with Crippen molar-refractivity contribution in [1.29, 1.82) is 0 Å². The van der Waals surface area contributed by atoms with Crippen LogP contribution < -0.4 is 10.1 Å². The van der Waals surface area contributed by atoms with Crippen LogP contribution in [-0.2, 0) is 4.79 Å². The van der Waals surface area contributed by atoms with Gasteiger partial charge in [-0.3, -0.25) is 4.79 Å². The van der Waals surface area contributed by atoms with E-state index in [0.717, 1.165) is 5.75 Å². The summed E-state index contributed by atoms with van der Waals surface area (Å²) in [6.07, 6.45) is 0.0910. The van der Waals surface area contributed by atoms with Crippen LogP contribution >= 0.6 is 23.4 Å². The van der Waals surface area contributed by atoms with Gasteiger partial charge in [-0.25, -0.2) is 0 Å². The van der Waals surface area contributed by atoms with Gasteiger partial charge in [0.1, 0.15) is 5.75 Å². The Hall–Kier alpha value is -0.870. The summed E-state index contributed by atoms with van der Waals surface area (Å²) in [7, 11) is 0. The number of ether oxygens (including phenoxy) is 1. The second-order valence-electron chi connectivity index (χ2n) is 5.70. The van der Waals surface area contributed by atoms with Gasteiger partial charge in [-0.05, 0) is 18.6 Å². The summed E-state index contributed by atoms with van der Waals surface area (Å²) in [6, 6.07) is 7.20. The highest BCUT2D eigenvalue weighted by atomic mass is 35.5. The third kappa shape index (κ3) is 7.09. The zero-order valence-electron chi connectivity index (χ0n) is 13.1. The fourth-order valence-electron chi connectivity index (χ4n) is 1.66. The minimum absolute atomic E-state index is 0.0908. The lowest BCUT2D eigenvalue weighted by Crippen LogP contribution is -2.39. The molecule has 0 aliphatic heterocycles. The molecule has 0 aliphatic rings. The maximum atomic E-state index is 12.1. The van der Waals surface area contributed by atoms with Gasteiger partial charge in [-0.15, -0.1) is 0 Å². The molecule has 0 bridgehead atoms. The number of nitrogens with one attached hydrogen (secondary N) is 1. The van der Waals surface area contributed by atoms with Gasteiger partial charge in [0, 0.05) is 17.0 Å². The number of hydrogen-bond donors (Lipinski definition) is 1. The summed E-state index contributed by atoms with van der Waals surface area (Å²) in [6.45, 7) is 9.05. The Balaban J connectivity index is 2.45. The van der Waals surface area contributed by atoms with E-state index in [1.807, 2.05) is 30.8 Å². The first-order valence-electron chi connectivity index (χ1n) is 7.16. The number of hydrogen-bond acceptors (Lipinski definition) is 3. The van der Waals surface area contributed by atoms with E-state index in [2.05, 4.69) is 26.1 Å². The van der Waals surface area contributed by atoms with Crippen LogP contribution in [0.15, 0.2) is 24.3 Å². The maximum Gasteiger partial charge on any atom is 0.261 e. The lowest BCUT2D eigenvalue weighted by atomic mass is 10.2. The average molecular weight is 330 g/mol. The van der Waals surface area contributed by atoms with E-state index in [4.69, 9.17) is 16.3 Å². The van der Waals surface area contributed by atoms with E-state index in [1.54, 1.807) is 12.1 Å². The molecule has 21 heavy (non-hydrogen) atoms. The van der Waals surface area contributed by atoms with E-state index in [9.17, 15) is 4.79 Å². The minimum Gasteiger partial charge on any atom is -0.479 e. The number of carbonyl (C=O) groups excluding carboxylic acids is 1. The van der Waals surface area contributed by atoms with Crippen molar-refractivity contribution in [2.45, 2.75) is 45.0 Å². The fourth-order valence-corrected chi connectivity index (χ4v) is 2.66. The lowest BCUT2D eigenvalue weighted by Gasteiger charge is -2.20. The fraction of sp³-hybridized carbons (Fsp3) is 0.562. The van der Waals surface area contributed by atoms with Crippen molar-refractivity contribution in [3.05, 3.63) is 29.3 Å². The predicted octanol–water partition coefficient (Wildman–Crippen LogP) is 4.15. The molecule has 118 valence electrons. The molecule has 3 nitrogen and oxygen atoms in total. The van der Waals surface area contributed by atoms with Gasteiger partial charge in [0.15, 0.2) is 6.10 Å². The van der Waals surface area contributed by atoms with Crippen LogP contribution in [0, 0.1) is 0 Å². The lowest BCUT2D eigenvalue weighted by molar-refractivity contribution is -0.127. The van der Waals surface area contributed by atoms with Gasteiger partial charge in [0.05, 0.1) is 5.02 Å². The Morgan fingerprint density at radius 2 is 2.05 bits per heavy atom. The second-order valence-corrected chi connectivity index (χ2v) is 8.03. The van der Waals surface area contributed by atoms with Gasteiger partial charge in [0.2, 0.25) is 0 Å². The molecule has 1 atom stereocenters. The second kappa shape index (κ2) is 8.54. The molecule has 0 saturated carbocycles. The van der Waals surface area contributed by atoms with Gasteiger partial charge in [0.25, 0.3) is 5.91 Å². The molecule has 0 aliphatic carbocycles. The topological polar surface area (TPSA) is 38.3 Å². The van der Waals surface area contributed by atoms with Crippen LogP contribution in [0.1, 0.15) is 34.1 Å². The molecule has 1 rings (SSSR count). The summed E-state index contributed by atoms with van der Waals surface area (Å²) in [5.74, 6) is 1.34. The zero-order chi connectivity index (χ0) is 15.9. The normalized spacial score (nSPS) is 12.8. The Bertz CT molecular complexity index is 460. The first-order chi connectivity index (χ1) is 9.83. The molecular weight excluding hydrogens is 306 g/mol. The molecule has 0 aromatic heterocycles. The van der Waals surface area contributed by atoms with Crippen molar-refractivity contribution in [3.8, 4) is 5.75 Å². The van der Waals surface area contributed by atoms with Crippen molar-refractivity contribution in [2.24, 2.45) is 0 Å². The number of benzene rings is 1. The number of para-hydroxylation sites is 1. The van der Waals surface area contributed by atoms with E-state index >= 15 is 0 Å². The molecule has 0 fully saturated rings. The van der Waals surface area contributed by atoms with Gasteiger partial charge < -0.3 is 10.1 Å². The highest BCUT2D eigenvalue weighted by Gasteiger charge is 2.19. The molecule has 0 unspecified atom stereocenters. The third-order valence-corrected chi connectivity index (χ3v) is 4.29. The molecule has 1 amide bonds. The average Bonchev–Trinajstić information content (AvgIpc) is 2.41. The van der Waals surface area contributed by atoms with E-state index in [0.29, 0.717) is 23.7 Å². The van der Waals surface area contributed by atoms with E-state index < -0.39 is 6.10 Å². The van der Waals surface area contributed by atoms with Crippen LogP contribution in [0.3, 0.4) is 0 Å². The Morgan fingerprint density at radius 1 is 1.38 bits per heavy atom. The SMILES string of the molecule is CC[C@H](Oc1ccccc1Cl)C(=O)NCCSC(C)(C)C. The third-order valence-electron chi connectivity index (χ3n) is 2.71. The number of halogens is 1. The summed E-state index contributed by atoms with van der Waals surface area (Å²) in [4.78, 5) is 12.1. The van der Waals surface area contributed by atoms with Crippen LogP contribution in [-0.4, -0.2) is 29.1 Å². The van der Waals surface area contributed by atoms with E-state index in [1.165, 1.54) is 0 Å². The summed E-state index contributed by atoms with van der Waals surface area (Å²) >= 11 is 7.87. The first kappa shape index (κ1) is 18.2. The maximum absolute atomic E-state index is 12.1. The van der Waals surface area contributed by atoms with Gasteiger partial charge in [-0.1, -0.05) is 51.4 Å². The largest absolute Gasteiger partial charge is 0.479 e. The summed E-state index contributed by atoms with van der Waals surface area (Å²) in [5, 5.41) is 3.44. The Labute approximate surface area is 136 Å². The van der Waals surface area contributed by atoms with Gasteiger partial charge in [-0.2, -0.15) is 11.8 Å². The molecule has 5 heteroatoms. The standard InChI is InChI=1S/C16H24ClNO2S/c1-5-13(20-14-9-7-6-8-12(14)17)15(19)18-10-11-21-16(2,3)4/h6-9,13H,5,10-11H2,1-4H3,(H,18,19)/t13-/m0/s1. The molecular formula is C16H24ClNO2S. The molecule has 1 aromatic rings. The molecule has 0 saturated heterocycles. The zero-order valence-corrected chi connectivity index (χ0v) is 14.7. The quantitative estimate of drug-likeness (QED) is 0.764.